The van der Waals surface area contributed by atoms with Gasteiger partial charge >= 0.3 is 0 Å². The van der Waals surface area contributed by atoms with Crippen molar-refractivity contribution in [2.24, 2.45) is 0 Å². The summed E-state index contributed by atoms with van der Waals surface area (Å²) in [5.74, 6) is 1.87. The Kier molecular flexibility index (Phi) is 9.40. The molecule has 5 nitrogen and oxygen atoms in total. The van der Waals surface area contributed by atoms with Crippen LogP contribution in [0.4, 0.5) is 0 Å². The van der Waals surface area contributed by atoms with Gasteiger partial charge in [-0.25, -0.2) is 4.98 Å². The van der Waals surface area contributed by atoms with E-state index < -0.39 is 0 Å². The predicted octanol–water partition coefficient (Wildman–Crippen LogP) is 7.00. The van der Waals surface area contributed by atoms with Crippen LogP contribution in [0.25, 0.3) is 11.0 Å². The van der Waals surface area contributed by atoms with Gasteiger partial charge in [-0.2, -0.15) is 0 Å². The first-order valence-corrected chi connectivity index (χ1v) is 13.2. The normalized spacial score (nSPS) is 11.1. The van der Waals surface area contributed by atoms with Crippen LogP contribution in [-0.4, -0.2) is 28.6 Å². The zero-order valence-corrected chi connectivity index (χ0v) is 21.6. The Morgan fingerprint density at radius 2 is 1.78 bits per heavy atom. The van der Waals surface area contributed by atoms with Gasteiger partial charge in [0.15, 0.2) is 0 Å². The maximum absolute atomic E-state index is 12.3. The van der Waals surface area contributed by atoms with Crippen molar-refractivity contribution in [2.75, 3.05) is 13.2 Å². The Bertz CT molecular complexity index is 1280. The molecule has 4 aromatic rings. The highest BCUT2D eigenvalue weighted by Gasteiger charge is 2.10. The van der Waals surface area contributed by atoms with Crippen molar-refractivity contribution in [2.45, 2.75) is 52.0 Å². The standard InChI is InChI=1S/C30H34ClN3O2/c1-23-12-11-13-24(22-23)30(35)32-19-8-2-3-18-29-33-26-15-5-6-16-27(26)34(29)20-9-10-21-36-28-17-7-4-14-25(28)31/h4-7,11-17,22H,2-3,8-10,18-21H2,1H3,(H,32,35). The van der Waals surface area contributed by atoms with Crippen molar-refractivity contribution in [3.8, 4) is 5.75 Å². The number of benzene rings is 3. The van der Waals surface area contributed by atoms with Gasteiger partial charge in [-0.15, -0.1) is 0 Å². The number of aryl methyl sites for hydroxylation is 3. The Morgan fingerprint density at radius 1 is 0.944 bits per heavy atom. The largest absolute Gasteiger partial charge is 0.492 e. The maximum atomic E-state index is 12.3. The van der Waals surface area contributed by atoms with Gasteiger partial charge in [-0.05, 0) is 69.0 Å². The number of halogens is 1. The molecule has 0 atom stereocenters. The number of rotatable bonds is 13. The minimum absolute atomic E-state index is 0.000919. The quantitative estimate of drug-likeness (QED) is 0.200. The number of carbonyl (C=O) groups is 1. The lowest BCUT2D eigenvalue weighted by Gasteiger charge is -2.11. The molecule has 0 unspecified atom stereocenters. The topological polar surface area (TPSA) is 56.2 Å². The maximum Gasteiger partial charge on any atom is 0.251 e. The van der Waals surface area contributed by atoms with Gasteiger partial charge in [0.25, 0.3) is 5.91 Å². The number of fused-ring (bicyclic) bond motifs is 1. The smallest absolute Gasteiger partial charge is 0.251 e. The van der Waals surface area contributed by atoms with Crippen LogP contribution in [0.2, 0.25) is 5.02 Å². The van der Waals surface area contributed by atoms with Gasteiger partial charge in [0.1, 0.15) is 11.6 Å². The van der Waals surface area contributed by atoms with E-state index in [1.54, 1.807) is 0 Å². The van der Waals surface area contributed by atoms with Crippen LogP contribution in [0.15, 0.2) is 72.8 Å². The van der Waals surface area contributed by atoms with E-state index in [1.807, 2.05) is 61.5 Å². The number of hydrogen-bond donors (Lipinski definition) is 1. The predicted molar refractivity (Wildman–Crippen MR) is 147 cm³/mol. The molecular weight excluding hydrogens is 470 g/mol. The molecule has 188 valence electrons. The molecule has 0 fully saturated rings. The molecule has 36 heavy (non-hydrogen) atoms. The first-order valence-electron chi connectivity index (χ1n) is 12.8. The number of unbranched alkanes of at least 4 members (excludes halogenated alkanes) is 3. The zero-order chi connectivity index (χ0) is 25.2. The van der Waals surface area contributed by atoms with Crippen molar-refractivity contribution in [1.82, 2.24) is 14.9 Å². The molecule has 6 heteroatoms. The van der Waals surface area contributed by atoms with Crippen LogP contribution in [-0.2, 0) is 13.0 Å². The van der Waals surface area contributed by atoms with Gasteiger partial charge in [-0.1, -0.05) is 60.0 Å². The van der Waals surface area contributed by atoms with E-state index in [2.05, 4.69) is 28.1 Å². The van der Waals surface area contributed by atoms with Crippen molar-refractivity contribution in [3.05, 3.63) is 94.8 Å². The van der Waals surface area contributed by atoms with E-state index in [-0.39, 0.29) is 5.91 Å². The number of para-hydroxylation sites is 3. The van der Waals surface area contributed by atoms with E-state index in [0.717, 1.165) is 73.3 Å². The minimum Gasteiger partial charge on any atom is -0.492 e. The van der Waals surface area contributed by atoms with E-state index in [4.69, 9.17) is 21.3 Å². The molecule has 1 amide bonds. The van der Waals surface area contributed by atoms with Crippen LogP contribution in [0.5, 0.6) is 5.75 Å². The van der Waals surface area contributed by atoms with Gasteiger partial charge in [-0.3, -0.25) is 4.79 Å². The lowest BCUT2D eigenvalue weighted by atomic mass is 10.1. The molecule has 0 saturated heterocycles. The summed E-state index contributed by atoms with van der Waals surface area (Å²) in [6, 6.07) is 23.6. The summed E-state index contributed by atoms with van der Waals surface area (Å²) >= 11 is 6.18. The van der Waals surface area contributed by atoms with Crippen LogP contribution in [0.3, 0.4) is 0 Å². The fourth-order valence-corrected chi connectivity index (χ4v) is 4.55. The number of aromatic nitrogens is 2. The van der Waals surface area contributed by atoms with Crippen LogP contribution < -0.4 is 10.1 Å². The monoisotopic (exact) mass is 503 g/mol. The number of nitrogens with one attached hydrogen (secondary N) is 1. The van der Waals surface area contributed by atoms with E-state index in [9.17, 15) is 4.79 Å². The highest BCUT2D eigenvalue weighted by molar-refractivity contribution is 6.32. The average molecular weight is 504 g/mol. The van der Waals surface area contributed by atoms with Crippen LogP contribution in [0, 0.1) is 6.92 Å². The van der Waals surface area contributed by atoms with Crippen molar-refractivity contribution < 1.29 is 9.53 Å². The zero-order valence-electron chi connectivity index (χ0n) is 20.9. The van der Waals surface area contributed by atoms with Gasteiger partial charge in [0, 0.05) is 25.1 Å². The summed E-state index contributed by atoms with van der Waals surface area (Å²) in [5.41, 5.74) is 4.05. The third-order valence-electron chi connectivity index (χ3n) is 6.25. The van der Waals surface area contributed by atoms with Gasteiger partial charge in [0.05, 0.1) is 22.7 Å². The van der Waals surface area contributed by atoms with Crippen molar-refractivity contribution >= 4 is 28.5 Å². The summed E-state index contributed by atoms with van der Waals surface area (Å²) in [5, 5.41) is 3.68. The number of amides is 1. The molecule has 1 heterocycles. The number of ether oxygens (including phenoxy) is 1. The molecule has 0 spiro atoms. The molecule has 0 saturated carbocycles. The number of imidazole rings is 1. The Hall–Kier alpha value is -3.31. The second kappa shape index (κ2) is 13.1. The molecule has 0 bridgehead atoms. The van der Waals surface area contributed by atoms with E-state index in [0.29, 0.717) is 18.2 Å². The molecule has 0 aliphatic rings. The second-order valence-electron chi connectivity index (χ2n) is 9.09. The Morgan fingerprint density at radius 3 is 2.64 bits per heavy atom. The van der Waals surface area contributed by atoms with Crippen molar-refractivity contribution in [3.63, 3.8) is 0 Å². The molecule has 3 aromatic carbocycles. The lowest BCUT2D eigenvalue weighted by Crippen LogP contribution is -2.24. The molecule has 0 aliphatic carbocycles. The average Bonchev–Trinajstić information content (AvgIpc) is 3.24. The summed E-state index contributed by atoms with van der Waals surface area (Å²) in [7, 11) is 0. The molecule has 0 aliphatic heterocycles. The fourth-order valence-electron chi connectivity index (χ4n) is 4.36. The highest BCUT2D eigenvalue weighted by Crippen LogP contribution is 2.23. The van der Waals surface area contributed by atoms with Crippen LogP contribution in [0.1, 0.15) is 53.8 Å². The SMILES string of the molecule is Cc1cccc(C(=O)NCCCCCc2nc3ccccc3n2CCCCOc2ccccc2Cl)c1. The number of nitrogens with zero attached hydrogens (tertiary/aromatic N) is 2. The van der Waals surface area contributed by atoms with E-state index in [1.165, 1.54) is 5.52 Å². The molecule has 4 rings (SSSR count). The Labute approximate surface area is 218 Å². The molecule has 1 aromatic heterocycles. The fraction of sp³-hybridized carbons (Fsp3) is 0.333. The summed E-state index contributed by atoms with van der Waals surface area (Å²) in [6.07, 6.45) is 5.91. The minimum atomic E-state index is -0.000919. The second-order valence-corrected chi connectivity index (χ2v) is 9.50. The van der Waals surface area contributed by atoms with Crippen LogP contribution >= 0.6 is 11.6 Å². The lowest BCUT2D eigenvalue weighted by molar-refractivity contribution is 0.0953. The first kappa shape index (κ1) is 25.8. The van der Waals surface area contributed by atoms with E-state index >= 15 is 0 Å². The molecular formula is C30H34ClN3O2. The summed E-state index contributed by atoms with van der Waals surface area (Å²) in [4.78, 5) is 17.2. The number of hydrogen-bond acceptors (Lipinski definition) is 3. The highest BCUT2D eigenvalue weighted by atomic mass is 35.5. The Balaban J connectivity index is 1.22. The third kappa shape index (κ3) is 7.11. The third-order valence-corrected chi connectivity index (χ3v) is 6.56. The van der Waals surface area contributed by atoms with Crippen molar-refractivity contribution in [1.29, 1.82) is 0 Å². The molecule has 0 radical (unpaired) electrons. The summed E-state index contributed by atoms with van der Waals surface area (Å²) in [6.45, 7) is 4.24. The first-order chi connectivity index (χ1) is 17.6. The molecule has 1 N–H and O–H groups in total. The summed E-state index contributed by atoms with van der Waals surface area (Å²) < 4.78 is 8.19. The number of carbonyl (C=O) groups excluding carboxylic acids is 1. The van der Waals surface area contributed by atoms with Gasteiger partial charge < -0.3 is 14.6 Å². The van der Waals surface area contributed by atoms with Gasteiger partial charge in [0.2, 0.25) is 0 Å².